The SMILES string of the molecule is C=C[C@H](N)c1cc(Br)cc(OC)c1O.Cl. The molecule has 84 valence electrons. The molecule has 3 N–H and O–H groups in total. The fourth-order valence-corrected chi connectivity index (χ4v) is 1.59. The fraction of sp³-hybridized carbons (Fsp3) is 0.200. The van der Waals surface area contributed by atoms with E-state index >= 15 is 0 Å². The van der Waals surface area contributed by atoms with Gasteiger partial charge >= 0.3 is 0 Å². The van der Waals surface area contributed by atoms with E-state index in [-0.39, 0.29) is 18.2 Å². The van der Waals surface area contributed by atoms with Crippen molar-refractivity contribution < 1.29 is 9.84 Å². The standard InChI is InChI=1S/C10H12BrNO2.ClH/c1-3-8(12)7-4-6(11)5-9(14-2)10(7)13;/h3-5,8,13H,1,12H2,2H3;1H/t8-;/m0./s1. The molecule has 0 amide bonds. The Bertz CT molecular complexity index is 358. The smallest absolute Gasteiger partial charge is 0.162 e. The highest BCUT2D eigenvalue weighted by atomic mass is 79.9. The second kappa shape index (κ2) is 6.00. The Morgan fingerprint density at radius 2 is 2.20 bits per heavy atom. The summed E-state index contributed by atoms with van der Waals surface area (Å²) in [5, 5.41) is 9.74. The van der Waals surface area contributed by atoms with Crippen LogP contribution in [0, 0.1) is 0 Å². The molecule has 0 saturated heterocycles. The van der Waals surface area contributed by atoms with Gasteiger partial charge in [0.25, 0.3) is 0 Å². The molecule has 0 bridgehead atoms. The summed E-state index contributed by atoms with van der Waals surface area (Å²) in [5.74, 6) is 0.453. The van der Waals surface area contributed by atoms with Crippen LogP contribution >= 0.6 is 28.3 Å². The van der Waals surface area contributed by atoms with Crippen molar-refractivity contribution in [3.63, 3.8) is 0 Å². The summed E-state index contributed by atoms with van der Waals surface area (Å²) in [6, 6.07) is 3.01. The van der Waals surface area contributed by atoms with Crippen LogP contribution in [0.1, 0.15) is 11.6 Å². The third-order valence-electron chi connectivity index (χ3n) is 1.90. The van der Waals surface area contributed by atoms with Gasteiger partial charge in [-0.1, -0.05) is 22.0 Å². The van der Waals surface area contributed by atoms with Crippen molar-refractivity contribution in [2.75, 3.05) is 7.11 Å². The fourth-order valence-electron chi connectivity index (χ4n) is 1.13. The molecule has 15 heavy (non-hydrogen) atoms. The number of benzene rings is 1. The highest BCUT2D eigenvalue weighted by Gasteiger charge is 2.13. The second-order valence-electron chi connectivity index (χ2n) is 2.81. The molecule has 0 aromatic heterocycles. The molecule has 1 atom stereocenters. The number of aromatic hydroxyl groups is 1. The van der Waals surface area contributed by atoms with E-state index in [1.807, 2.05) is 0 Å². The predicted molar refractivity (Wildman–Crippen MR) is 66.7 cm³/mol. The minimum absolute atomic E-state index is 0. The van der Waals surface area contributed by atoms with Gasteiger partial charge in [-0.15, -0.1) is 19.0 Å². The molecular formula is C10H13BrClNO2. The molecule has 0 radical (unpaired) electrons. The van der Waals surface area contributed by atoms with Crippen LogP contribution in [0.2, 0.25) is 0 Å². The van der Waals surface area contributed by atoms with Gasteiger partial charge in [0.1, 0.15) is 0 Å². The number of phenols is 1. The molecule has 0 unspecified atom stereocenters. The zero-order chi connectivity index (χ0) is 10.7. The van der Waals surface area contributed by atoms with E-state index in [0.29, 0.717) is 11.3 Å². The first kappa shape index (κ1) is 14.3. The minimum atomic E-state index is -0.401. The van der Waals surface area contributed by atoms with Crippen molar-refractivity contribution in [1.82, 2.24) is 0 Å². The molecule has 1 rings (SSSR count). The van der Waals surface area contributed by atoms with E-state index in [4.69, 9.17) is 10.5 Å². The van der Waals surface area contributed by atoms with E-state index in [1.165, 1.54) is 7.11 Å². The highest BCUT2D eigenvalue weighted by Crippen LogP contribution is 2.36. The zero-order valence-electron chi connectivity index (χ0n) is 8.24. The molecule has 1 aromatic carbocycles. The first-order valence-corrected chi connectivity index (χ1v) is 4.84. The van der Waals surface area contributed by atoms with Gasteiger partial charge in [-0.2, -0.15) is 0 Å². The maximum absolute atomic E-state index is 9.74. The van der Waals surface area contributed by atoms with Crippen molar-refractivity contribution >= 4 is 28.3 Å². The first-order valence-electron chi connectivity index (χ1n) is 4.04. The minimum Gasteiger partial charge on any atom is -0.504 e. The van der Waals surface area contributed by atoms with E-state index < -0.39 is 6.04 Å². The van der Waals surface area contributed by atoms with Gasteiger partial charge in [0.2, 0.25) is 0 Å². The molecular weight excluding hydrogens is 281 g/mol. The van der Waals surface area contributed by atoms with Gasteiger partial charge < -0.3 is 15.6 Å². The zero-order valence-corrected chi connectivity index (χ0v) is 10.6. The lowest BCUT2D eigenvalue weighted by atomic mass is 10.1. The Balaban J connectivity index is 0.00000196. The van der Waals surface area contributed by atoms with E-state index in [1.54, 1.807) is 18.2 Å². The quantitative estimate of drug-likeness (QED) is 0.843. The van der Waals surface area contributed by atoms with E-state index in [0.717, 1.165) is 4.47 Å². The van der Waals surface area contributed by atoms with Gasteiger partial charge in [0.05, 0.1) is 13.2 Å². The number of methoxy groups -OCH3 is 1. The van der Waals surface area contributed by atoms with E-state index in [9.17, 15) is 5.11 Å². The highest BCUT2D eigenvalue weighted by molar-refractivity contribution is 9.10. The van der Waals surface area contributed by atoms with Gasteiger partial charge in [0, 0.05) is 10.0 Å². The number of hydrogen-bond acceptors (Lipinski definition) is 3. The van der Waals surface area contributed by atoms with Crippen molar-refractivity contribution in [2.45, 2.75) is 6.04 Å². The number of phenolic OH excluding ortho intramolecular Hbond substituents is 1. The number of ether oxygens (including phenoxy) is 1. The van der Waals surface area contributed by atoms with Gasteiger partial charge in [0.15, 0.2) is 11.5 Å². The molecule has 3 nitrogen and oxygen atoms in total. The van der Waals surface area contributed by atoms with Crippen LogP contribution in [0.15, 0.2) is 29.3 Å². The topological polar surface area (TPSA) is 55.5 Å². The normalized spacial score (nSPS) is 11.4. The van der Waals surface area contributed by atoms with Crippen molar-refractivity contribution in [1.29, 1.82) is 0 Å². The molecule has 0 heterocycles. The third-order valence-corrected chi connectivity index (χ3v) is 2.36. The average Bonchev–Trinajstić information content (AvgIpc) is 2.19. The lowest BCUT2D eigenvalue weighted by Gasteiger charge is -2.12. The second-order valence-corrected chi connectivity index (χ2v) is 3.72. The van der Waals surface area contributed by atoms with Crippen LogP contribution in [-0.2, 0) is 0 Å². The summed E-state index contributed by atoms with van der Waals surface area (Å²) in [4.78, 5) is 0. The summed E-state index contributed by atoms with van der Waals surface area (Å²) in [6.45, 7) is 3.57. The molecule has 0 aliphatic rings. The molecule has 0 spiro atoms. The molecule has 0 fully saturated rings. The number of halogens is 2. The first-order chi connectivity index (χ1) is 6.60. The predicted octanol–water partition coefficient (Wildman–Crippen LogP) is 2.77. The van der Waals surface area contributed by atoms with Crippen LogP contribution in [0.4, 0.5) is 0 Å². The van der Waals surface area contributed by atoms with Crippen LogP contribution in [0.25, 0.3) is 0 Å². The Labute approximate surface area is 103 Å². The van der Waals surface area contributed by atoms with Crippen molar-refractivity contribution in [2.24, 2.45) is 5.73 Å². The summed E-state index contributed by atoms with van der Waals surface area (Å²) < 4.78 is 5.80. The Morgan fingerprint density at radius 3 is 2.67 bits per heavy atom. The molecule has 0 saturated carbocycles. The lowest BCUT2D eigenvalue weighted by Crippen LogP contribution is -2.07. The Hall–Kier alpha value is -0.710. The largest absolute Gasteiger partial charge is 0.504 e. The van der Waals surface area contributed by atoms with Crippen molar-refractivity contribution in [3.8, 4) is 11.5 Å². The molecule has 0 aliphatic heterocycles. The third kappa shape index (κ3) is 3.12. The number of hydrogen-bond donors (Lipinski definition) is 2. The summed E-state index contributed by atoms with van der Waals surface area (Å²) in [6.07, 6.45) is 1.56. The number of rotatable bonds is 3. The van der Waals surface area contributed by atoms with Gasteiger partial charge in [-0.3, -0.25) is 0 Å². The van der Waals surface area contributed by atoms with Crippen LogP contribution < -0.4 is 10.5 Å². The van der Waals surface area contributed by atoms with Crippen LogP contribution in [-0.4, -0.2) is 12.2 Å². The molecule has 5 heteroatoms. The molecule has 0 aliphatic carbocycles. The van der Waals surface area contributed by atoms with Gasteiger partial charge in [-0.25, -0.2) is 0 Å². The summed E-state index contributed by atoms with van der Waals surface area (Å²) in [5.41, 5.74) is 6.32. The monoisotopic (exact) mass is 293 g/mol. The van der Waals surface area contributed by atoms with Crippen LogP contribution in [0.5, 0.6) is 11.5 Å². The Morgan fingerprint density at radius 1 is 1.60 bits per heavy atom. The van der Waals surface area contributed by atoms with Crippen LogP contribution in [0.3, 0.4) is 0 Å². The Kier molecular flexibility index (Phi) is 5.72. The van der Waals surface area contributed by atoms with E-state index in [2.05, 4.69) is 22.5 Å². The maximum Gasteiger partial charge on any atom is 0.162 e. The lowest BCUT2D eigenvalue weighted by molar-refractivity contribution is 0.369. The van der Waals surface area contributed by atoms with Crippen molar-refractivity contribution in [3.05, 3.63) is 34.8 Å². The molecule has 1 aromatic rings. The average molecular weight is 295 g/mol. The maximum atomic E-state index is 9.74. The number of nitrogens with two attached hydrogens (primary N) is 1. The summed E-state index contributed by atoms with van der Waals surface area (Å²) in [7, 11) is 1.49. The summed E-state index contributed by atoms with van der Waals surface area (Å²) >= 11 is 3.30. The van der Waals surface area contributed by atoms with Gasteiger partial charge in [-0.05, 0) is 12.1 Å².